The van der Waals surface area contributed by atoms with Crippen molar-refractivity contribution < 1.29 is 14.3 Å². The maximum Gasteiger partial charge on any atom is 0.272 e. The molecule has 0 radical (unpaired) electrons. The van der Waals surface area contributed by atoms with E-state index < -0.39 is 0 Å². The van der Waals surface area contributed by atoms with Crippen LogP contribution in [-0.2, 0) is 23.1 Å². The average Bonchev–Trinajstić information content (AvgIpc) is 3.25. The Morgan fingerprint density at radius 2 is 2.36 bits per heavy atom. The lowest BCUT2D eigenvalue weighted by Crippen LogP contribution is -2.66. The Kier molecular flexibility index (Phi) is 4.35. The van der Waals surface area contributed by atoms with Gasteiger partial charge in [-0.25, -0.2) is 4.98 Å². The Bertz CT molecular complexity index is 766. The molecule has 134 valence electrons. The number of hydrogen-bond acceptors (Lipinski definition) is 6. The zero-order chi connectivity index (χ0) is 17.4. The van der Waals surface area contributed by atoms with Crippen LogP contribution in [0.2, 0.25) is 0 Å². The van der Waals surface area contributed by atoms with Crippen LogP contribution >= 0.6 is 11.3 Å². The van der Waals surface area contributed by atoms with Crippen LogP contribution in [0.1, 0.15) is 27.6 Å². The van der Waals surface area contributed by atoms with Crippen molar-refractivity contribution in [2.45, 2.75) is 25.6 Å². The van der Waals surface area contributed by atoms with E-state index in [1.165, 1.54) is 0 Å². The van der Waals surface area contributed by atoms with Crippen molar-refractivity contribution in [2.24, 2.45) is 13.0 Å². The number of thiazole rings is 1. The second-order valence-electron chi connectivity index (χ2n) is 6.77. The van der Waals surface area contributed by atoms with E-state index in [9.17, 15) is 4.79 Å². The lowest BCUT2D eigenvalue weighted by molar-refractivity contribution is -0.129. The summed E-state index contributed by atoms with van der Waals surface area (Å²) in [6, 6.07) is 1.75. The second-order valence-corrected chi connectivity index (χ2v) is 7.84. The van der Waals surface area contributed by atoms with Gasteiger partial charge in [-0.05, 0) is 19.4 Å². The number of rotatable bonds is 5. The molecule has 0 aliphatic carbocycles. The molecule has 7 nitrogen and oxygen atoms in total. The molecule has 8 heteroatoms. The summed E-state index contributed by atoms with van der Waals surface area (Å²) in [4.78, 5) is 18.8. The Balaban J connectivity index is 1.31. The van der Waals surface area contributed by atoms with Crippen molar-refractivity contribution >= 4 is 17.2 Å². The number of aromatic nitrogens is 3. The third kappa shape index (κ3) is 3.09. The first-order chi connectivity index (χ1) is 12.1. The predicted molar refractivity (Wildman–Crippen MR) is 92.4 cm³/mol. The van der Waals surface area contributed by atoms with Crippen LogP contribution < -0.4 is 0 Å². The van der Waals surface area contributed by atoms with Crippen molar-refractivity contribution in [1.82, 2.24) is 19.7 Å². The summed E-state index contributed by atoms with van der Waals surface area (Å²) in [6.45, 7) is 5.16. The zero-order valence-electron chi connectivity index (χ0n) is 14.5. The van der Waals surface area contributed by atoms with Gasteiger partial charge in [0.15, 0.2) is 0 Å². The average molecular weight is 362 g/mol. The molecule has 0 aromatic carbocycles. The smallest absolute Gasteiger partial charge is 0.272 e. The van der Waals surface area contributed by atoms with E-state index >= 15 is 0 Å². The summed E-state index contributed by atoms with van der Waals surface area (Å²) in [7, 11) is 1.78. The van der Waals surface area contributed by atoms with Crippen molar-refractivity contribution in [3.05, 3.63) is 34.0 Å². The van der Waals surface area contributed by atoms with Crippen molar-refractivity contribution in [3.63, 3.8) is 0 Å². The first kappa shape index (κ1) is 16.7. The van der Waals surface area contributed by atoms with E-state index in [0.717, 1.165) is 23.7 Å². The highest BCUT2D eigenvalue weighted by molar-refractivity contribution is 7.09. The summed E-state index contributed by atoms with van der Waals surface area (Å²) in [6.07, 6.45) is 2.62. The van der Waals surface area contributed by atoms with Gasteiger partial charge in [-0.1, -0.05) is 0 Å². The van der Waals surface area contributed by atoms with Crippen molar-refractivity contribution in [2.75, 3.05) is 26.3 Å². The number of ether oxygens (including phenoxy) is 2. The van der Waals surface area contributed by atoms with Gasteiger partial charge < -0.3 is 14.4 Å². The Hall–Kier alpha value is -1.77. The fourth-order valence-corrected chi connectivity index (χ4v) is 4.24. The number of aryl methyl sites for hydroxylation is 2. The standard InChI is InChI=1S/C17H22N4O3S/c1-12-19-14(9-25-12)8-23-7-13-4-6-24-17(13)10-21(11-17)16(22)15-3-5-18-20(15)2/h3,5,9,13H,4,6-8,10-11H2,1-2H3/t13-/m0/s1. The normalized spacial score (nSPS) is 21.7. The highest BCUT2D eigenvalue weighted by Gasteiger charge is 2.54. The van der Waals surface area contributed by atoms with Gasteiger partial charge in [-0.15, -0.1) is 11.3 Å². The molecule has 0 bridgehead atoms. The van der Waals surface area contributed by atoms with Crippen LogP contribution in [0.3, 0.4) is 0 Å². The van der Waals surface area contributed by atoms with Crippen LogP contribution in [0.4, 0.5) is 0 Å². The van der Waals surface area contributed by atoms with Crippen molar-refractivity contribution in [3.8, 4) is 0 Å². The molecule has 2 aromatic heterocycles. The molecule has 1 atom stereocenters. The van der Waals surface area contributed by atoms with Gasteiger partial charge in [0.25, 0.3) is 5.91 Å². The first-order valence-corrected chi connectivity index (χ1v) is 9.35. The van der Waals surface area contributed by atoms with E-state index in [1.807, 2.05) is 17.2 Å². The van der Waals surface area contributed by atoms with Gasteiger partial charge in [-0.2, -0.15) is 5.10 Å². The van der Waals surface area contributed by atoms with Gasteiger partial charge >= 0.3 is 0 Å². The minimum Gasteiger partial charge on any atom is -0.375 e. The molecule has 4 rings (SSSR count). The van der Waals surface area contributed by atoms with E-state index in [2.05, 4.69) is 10.1 Å². The number of carbonyl (C=O) groups excluding carboxylic acids is 1. The molecule has 0 saturated carbocycles. The third-order valence-corrected chi connectivity index (χ3v) is 5.90. The summed E-state index contributed by atoms with van der Waals surface area (Å²) < 4.78 is 13.5. The van der Waals surface area contributed by atoms with Gasteiger partial charge in [-0.3, -0.25) is 9.48 Å². The maximum absolute atomic E-state index is 12.5. The molecule has 1 spiro atoms. The molecule has 2 aliphatic rings. The number of hydrogen-bond donors (Lipinski definition) is 0. The molecule has 1 amide bonds. The topological polar surface area (TPSA) is 69.5 Å². The lowest BCUT2D eigenvalue weighted by atomic mass is 9.81. The van der Waals surface area contributed by atoms with E-state index in [0.29, 0.717) is 37.9 Å². The quantitative estimate of drug-likeness (QED) is 0.809. The second kappa shape index (κ2) is 6.51. The predicted octanol–water partition coefficient (Wildman–Crippen LogP) is 1.63. The highest BCUT2D eigenvalue weighted by Crippen LogP contribution is 2.40. The summed E-state index contributed by atoms with van der Waals surface area (Å²) in [5, 5.41) is 7.16. The summed E-state index contributed by atoms with van der Waals surface area (Å²) in [5.74, 6) is 0.335. The third-order valence-electron chi connectivity index (χ3n) is 5.08. The van der Waals surface area contributed by atoms with E-state index in [4.69, 9.17) is 9.47 Å². The Labute approximate surface area is 150 Å². The maximum atomic E-state index is 12.5. The molecule has 25 heavy (non-hydrogen) atoms. The SMILES string of the molecule is Cc1nc(COC[C@@H]2CCOC23CN(C(=O)c2ccnn2C)C3)cs1. The molecule has 2 saturated heterocycles. The minimum atomic E-state index is -0.244. The first-order valence-electron chi connectivity index (χ1n) is 8.47. The van der Waals surface area contributed by atoms with Gasteiger partial charge in [0.1, 0.15) is 11.3 Å². The minimum absolute atomic E-state index is 0.0127. The fraction of sp³-hybridized carbons (Fsp3) is 0.588. The van der Waals surface area contributed by atoms with E-state index in [-0.39, 0.29) is 11.5 Å². The molecule has 2 fully saturated rings. The molecule has 0 N–H and O–H groups in total. The van der Waals surface area contributed by atoms with Gasteiger partial charge in [0.2, 0.25) is 0 Å². The van der Waals surface area contributed by atoms with Crippen LogP contribution in [0.5, 0.6) is 0 Å². The van der Waals surface area contributed by atoms with Gasteiger partial charge in [0.05, 0.1) is 37.0 Å². The number of nitrogens with zero attached hydrogens (tertiary/aromatic N) is 4. The fourth-order valence-electron chi connectivity index (χ4n) is 3.64. The lowest BCUT2D eigenvalue weighted by Gasteiger charge is -2.50. The van der Waals surface area contributed by atoms with Crippen molar-refractivity contribution in [1.29, 1.82) is 0 Å². The molecule has 4 heterocycles. The molecule has 2 aromatic rings. The van der Waals surface area contributed by atoms with Gasteiger partial charge in [0, 0.05) is 31.1 Å². The monoisotopic (exact) mass is 362 g/mol. The van der Waals surface area contributed by atoms with Crippen LogP contribution in [-0.4, -0.2) is 57.5 Å². The van der Waals surface area contributed by atoms with Crippen LogP contribution in [0, 0.1) is 12.8 Å². The van der Waals surface area contributed by atoms with E-state index in [1.54, 1.807) is 35.3 Å². The molecular formula is C17H22N4O3S. The molecule has 0 unspecified atom stereocenters. The van der Waals surface area contributed by atoms with Crippen LogP contribution in [0.25, 0.3) is 0 Å². The summed E-state index contributed by atoms with van der Waals surface area (Å²) in [5.41, 5.74) is 1.35. The number of likely N-dealkylation sites (tertiary alicyclic amines) is 1. The Morgan fingerprint density at radius 3 is 3.04 bits per heavy atom. The molecule has 2 aliphatic heterocycles. The molecular weight excluding hydrogens is 340 g/mol. The number of amides is 1. The number of carbonyl (C=O) groups is 1. The summed E-state index contributed by atoms with van der Waals surface area (Å²) >= 11 is 1.64. The Morgan fingerprint density at radius 1 is 1.52 bits per heavy atom. The largest absolute Gasteiger partial charge is 0.375 e. The highest BCUT2D eigenvalue weighted by atomic mass is 32.1. The zero-order valence-corrected chi connectivity index (χ0v) is 15.3. The van der Waals surface area contributed by atoms with Crippen LogP contribution in [0.15, 0.2) is 17.6 Å².